The summed E-state index contributed by atoms with van der Waals surface area (Å²) in [6, 6.07) is 2.03. The molecule has 0 aromatic heterocycles. The lowest BCUT2D eigenvalue weighted by Crippen LogP contribution is -2.40. The normalized spacial score (nSPS) is 23.1. The fourth-order valence-corrected chi connectivity index (χ4v) is 4.12. The molecule has 2 atom stereocenters. The molecule has 1 aromatic rings. The molecule has 0 heterocycles. The maximum absolute atomic E-state index is 13.3. The first-order chi connectivity index (χ1) is 9.35. The van der Waals surface area contributed by atoms with Crippen LogP contribution in [-0.2, 0) is 14.8 Å². The van der Waals surface area contributed by atoms with Gasteiger partial charge in [-0.2, -0.15) is 0 Å². The monoisotopic (exact) mass is 302 g/mol. The lowest BCUT2D eigenvalue weighted by Gasteiger charge is -2.20. The minimum Gasteiger partial charge on any atom is -0.396 e. The number of anilines is 1. The molecule has 0 saturated heterocycles. The van der Waals surface area contributed by atoms with Crippen molar-refractivity contribution in [3.05, 3.63) is 23.5 Å². The molecule has 0 amide bonds. The van der Waals surface area contributed by atoms with Crippen LogP contribution in [0.4, 0.5) is 10.1 Å². The minimum atomic E-state index is -3.73. The number of methoxy groups -OCH3 is 1. The van der Waals surface area contributed by atoms with Gasteiger partial charge in [-0.1, -0.05) is 0 Å². The number of halogens is 1. The summed E-state index contributed by atoms with van der Waals surface area (Å²) in [5.41, 5.74) is 5.61. The third-order valence-corrected chi connectivity index (χ3v) is 5.28. The van der Waals surface area contributed by atoms with Crippen LogP contribution in [0.5, 0.6) is 0 Å². The highest BCUT2D eigenvalue weighted by molar-refractivity contribution is 7.89. The van der Waals surface area contributed by atoms with Gasteiger partial charge in [-0.25, -0.2) is 17.5 Å². The van der Waals surface area contributed by atoms with E-state index in [1.165, 1.54) is 0 Å². The summed E-state index contributed by atoms with van der Waals surface area (Å²) >= 11 is 0. The Morgan fingerprint density at radius 1 is 1.40 bits per heavy atom. The molecule has 20 heavy (non-hydrogen) atoms. The van der Waals surface area contributed by atoms with E-state index in [0.717, 1.165) is 31.4 Å². The molecule has 1 aliphatic carbocycles. The molecule has 0 aliphatic heterocycles. The quantitative estimate of drug-likeness (QED) is 0.827. The van der Waals surface area contributed by atoms with Gasteiger partial charge in [0.05, 0.1) is 16.7 Å². The van der Waals surface area contributed by atoms with E-state index >= 15 is 0 Å². The molecule has 1 fully saturated rings. The van der Waals surface area contributed by atoms with Gasteiger partial charge in [-0.3, -0.25) is 0 Å². The van der Waals surface area contributed by atoms with Crippen LogP contribution in [0.15, 0.2) is 17.0 Å². The Morgan fingerprint density at radius 3 is 2.75 bits per heavy atom. The van der Waals surface area contributed by atoms with Gasteiger partial charge in [0.1, 0.15) is 5.82 Å². The average Bonchev–Trinajstić information content (AvgIpc) is 2.80. The molecule has 1 aromatic carbocycles. The second kappa shape index (κ2) is 5.67. The molecule has 0 spiro atoms. The third kappa shape index (κ3) is 2.94. The molecule has 2 unspecified atom stereocenters. The molecule has 2 rings (SSSR count). The Labute approximate surface area is 118 Å². The number of rotatable bonds is 4. The van der Waals surface area contributed by atoms with E-state index in [4.69, 9.17) is 10.5 Å². The van der Waals surface area contributed by atoms with Crippen molar-refractivity contribution in [2.45, 2.75) is 43.2 Å². The fourth-order valence-electron chi connectivity index (χ4n) is 2.56. The highest BCUT2D eigenvalue weighted by Gasteiger charge is 2.32. The van der Waals surface area contributed by atoms with Crippen LogP contribution in [0, 0.1) is 12.7 Å². The Balaban J connectivity index is 2.29. The standard InChI is InChI=1S/C13H19FN2O3S/c1-8-6-9(14)10(15)7-13(8)20(17,18)16-11-4-3-5-12(11)19-2/h6-7,11-12,16H,3-5,15H2,1-2H3. The van der Waals surface area contributed by atoms with Crippen LogP contribution >= 0.6 is 0 Å². The first-order valence-electron chi connectivity index (χ1n) is 6.46. The lowest BCUT2D eigenvalue weighted by atomic mass is 10.2. The van der Waals surface area contributed by atoms with Crippen LogP contribution in [0.3, 0.4) is 0 Å². The van der Waals surface area contributed by atoms with Crippen LogP contribution in [0.2, 0.25) is 0 Å². The number of ether oxygens (including phenoxy) is 1. The van der Waals surface area contributed by atoms with Gasteiger partial charge in [0.25, 0.3) is 0 Å². The van der Waals surface area contributed by atoms with Crippen molar-refractivity contribution in [1.29, 1.82) is 0 Å². The smallest absolute Gasteiger partial charge is 0.241 e. The highest BCUT2D eigenvalue weighted by Crippen LogP contribution is 2.26. The Bertz CT molecular complexity index is 604. The zero-order valence-corrected chi connectivity index (χ0v) is 12.3. The van der Waals surface area contributed by atoms with Gasteiger partial charge in [-0.15, -0.1) is 0 Å². The lowest BCUT2D eigenvalue weighted by molar-refractivity contribution is 0.0916. The van der Waals surface area contributed by atoms with Crippen molar-refractivity contribution in [2.75, 3.05) is 12.8 Å². The third-order valence-electron chi connectivity index (χ3n) is 3.65. The van der Waals surface area contributed by atoms with Gasteiger partial charge >= 0.3 is 0 Å². The van der Waals surface area contributed by atoms with Crippen molar-refractivity contribution in [3.63, 3.8) is 0 Å². The Morgan fingerprint density at radius 2 is 2.10 bits per heavy atom. The van der Waals surface area contributed by atoms with E-state index in [0.29, 0.717) is 5.56 Å². The van der Waals surface area contributed by atoms with Crippen molar-refractivity contribution in [2.24, 2.45) is 0 Å². The summed E-state index contributed by atoms with van der Waals surface area (Å²) in [4.78, 5) is 0.0122. The predicted molar refractivity (Wildman–Crippen MR) is 74.3 cm³/mol. The molecule has 0 bridgehead atoms. The molecule has 1 aliphatic rings. The first kappa shape index (κ1) is 15.2. The largest absolute Gasteiger partial charge is 0.396 e. The van der Waals surface area contributed by atoms with Crippen LogP contribution in [-0.4, -0.2) is 27.7 Å². The van der Waals surface area contributed by atoms with Gasteiger partial charge in [0.15, 0.2) is 0 Å². The molecule has 1 saturated carbocycles. The van der Waals surface area contributed by atoms with Crippen LogP contribution in [0.1, 0.15) is 24.8 Å². The first-order valence-corrected chi connectivity index (χ1v) is 7.94. The fraction of sp³-hybridized carbons (Fsp3) is 0.538. The SMILES string of the molecule is COC1CCCC1NS(=O)(=O)c1cc(N)c(F)cc1C. The molecule has 3 N–H and O–H groups in total. The predicted octanol–water partition coefficient (Wildman–Crippen LogP) is 1.56. The van der Waals surface area contributed by atoms with E-state index in [1.54, 1.807) is 14.0 Å². The van der Waals surface area contributed by atoms with Gasteiger partial charge in [-0.05, 0) is 43.9 Å². The summed E-state index contributed by atoms with van der Waals surface area (Å²) in [6.45, 7) is 1.54. The van der Waals surface area contributed by atoms with E-state index in [-0.39, 0.29) is 22.7 Å². The molecule has 5 nitrogen and oxygen atoms in total. The van der Waals surface area contributed by atoms with Crippen molar-refractivity contribution >= 4 is 15.7 Å². The highest BCUT2D eigenvalue weighted by atomic mass is 32.2. The van der Waals surface area contributed by atoms with E-state index in [9.17, 15) is 12.8 Å². The number of hydrogen-bond acceptors (Lipinski definition) is 4. The van der Waals surface area contributed by atoms with Gasteiger partial charge in [0.2, 0.25) is 10.0 Å². The molecular weight excluding hydrogens is 283 g/mol. The number of sulfonamides is 1. The summed E-state index contributed by atoms with van der Waals surface area (Å²) in [6.07, 6.45) is 2.35. The summed E-state index contributed by atoms with van der Waals surface area (Å²) in [5, 5.41) is 0. The van der Waals surface area contributed by atoms with E-state index < -0.39 is 15.8 Å². The van der Waals surface area contributed by atoms with Crippen molar-refractivity contribution in [3.8, 4) is 0 Å². The summed E-state index contributed by atoms with van der Waals surface area (Å²) < 4.78 is 46.0. The van der Waals surface area contributed by atoms with Crippen molar-refractivity contribution < 1.29 is 17.5 Å². The van der Waals surface area contributed by atoms with Gasteiger partial charge in [0, 0.05) is 13.2 Å². The Kier molecular flexibility index (Phi) is 4.31. The van der Waals surface area contributed by atoms with E-state index in [1.807, 2.05) is 0 Å². The topological polar surface area (TPSA) is 81.4 Å². The minimum absolute atomic E-state index is 0.0122. The number of nitrogens with one attached hydrogen (secondary N) is 1. The average molecular weight is 302 g/mol. The van der Waals surface area contributed by atoms with Gasteiger partial charge < -0.3 is 10.5 Å². The molecule has 7 heteroatoms. The number of aryl methyl sites for hydroxylation is 1. The number of benzene rings is 1. The summed E-state index contributed by atoms with van der Waals surface area (Å²) in [5.74, 6) is -0.614. The maximum Gasteiger partial charge on any atom is 0.241 e. The van der Waals surface area contributed by atoms with Crippen LogP contribution in [0.25, 0.3) is 0 Å². The van der Waals surface area contributed by atoms with Crippen LogP contribution < -0.4 is 10.5 Å². The van der Waals surface area contributed by atoms with E-state index in [2.05, 4.69) is 4.72 Å². The molecule has 112 valence electrons. The summed E-state index contributed by atoms with van der Waals surface area (Å²) in [7, 11) is -2.17. The zero-order valence-electron chi connectivity index (χ0n) is 11.5. The van der Waals surface area contributed by atoms with Crippen molar-refractivity contribution in [1.82, 2.24) is 4.72 Å². The second-order valence-corrected chi connectivity index (χ2v) is 6.75. The Hall–Kier alpha value is -1.18. The molecule has 0 radical (unpaired) electrons. The number of nitrogens with two attached hydrogens (primary N) is 1. The second-order valence-electron chi connectivity index (χ2n) is 5.07. The maximum atomic E-state index is 13.3. The zero-order chi connectivity index (χ0) is 14.9. The number of hydrogen-bond donors (Lipinski definition) is 2. The number of nitrogen functional groups attached to an aromatic ring is 1. The molecular formula is C13H19FN2O3S.